The Morgan fingerprint density at radius 1 is 1.27 bits per heavy atom. The first-order chi connectivity index (χ1) is 7.24. The van der Waals surface area contributed by atoms with E-state index < -0.39 is 0 Å². The van der Waals surface area contributed by atoms with Gasteiger partial charge in [-0.1, -0.05) is 20.8 Å². The number of hydrogen-bond acceptors (Lipinski definition) is 4. The van der Waals surface area contributed by atoms with Crippen molar-refractivity contribution in [3.63, 3.8) is 0 Å². The molecule has 0 spiro atoms. The molecule has 1 unspecified atom stereocenters. The minimum Gasteiger partial charge on any atom is -0.308 e. The van der Waals surface area contributed by atoms with E-state index in [1.54, 1.807) is 0 Å². The van der Waals surface area contributed by atoms with Gasteiger partial charge >= 0.3 is 0 Å². The summed E-state index contributed by atoms with van der Waals surface area (Å²) < 4.78 is 1.95. The summed E-state index contributed by atoms with van der Waals surface area (Å²) in [6.45, 7) is 9.43. The van der Waals surface area contributed by atoms with Gasteiger partial charge in [0.25, 0.3) is 0 Å². The van der Waals surface area contributed by atoms with E-state index in [-0.39, 0.29) is 6.04 Å². The zero-order valence-corrected chi connectivity index (χ0v) is 10.1. The third-order valence-electron chi connectivity index (χ3n) is 2.70. The molecular weight excluding hydrogens is 190 g/mol. The van der Waals surface area contributed by atoms with Crippen molar-refractivity contribution in [1.82, 2.24) is 25.5 Å². The number of aromatic nitrogens is 4. The van der Waals surface area contributed by atoms with Gasteiger partial charge in [0.2, 0.25) is 0 Å². The van der Waals surface area contributed by atoms with E-state index >= 15 is 0 Å². The molecule has 0 aliphatic carbocycles. The van der Waals surface area contributed by atoms with Crippen molar-refractivity contribution in [3.8, 4) is 0 Å². The lowest BCUT2D eigenvalue weighted by Gasteiger charge is -2.17. The zero-order valence-electron chi connectivity index (χ0n) is 10.1. The van der Waals surface area contributed by atoms with Crippen molar-refractivity contribution >= 4 is 0 Å². The van der Waals surface area contributed by atoms with Gasteiger partial charge in [-0.2, -0.15) is 0 Å². The highest BCUT2D eigenvalue weighted by molar-refractivity contribution is 4.91. The summed E-state index contributed by atoms with van der Waals surface area (Å²) in [5.74, 6) is 0.936. The van der Waals surface area contributed by atoms with E-state index in [2.05, 4.69) is 48.5 Å². The predicted molar refractivity (Wildman–Crippen MR) is 59.5 cm³/mol. The lowest BCUT2D eigenvalue weighted by molar-refractivity contribution is 0.386. The molecule has 1 rings (SSSR count). The first-order valence-electron chi connectivity index (χ1n) is 5.75. The molecule has 1 aromatic rings. The fourth-order valence-corrected chi connectivity index (χ4v) is 1.78. The molecule has 1 N–H and O–H groups in total. The van der Waals surface area contributed by atoms with Crippen molar-refractivity contribution in [1.29, 1.82) is 0 Å². The number of nitrogens with zero attached hydrogens (tertiary/aromatic N) is 4. The van der Waals surface area contributed by atoms with Gasteiger partial charge in [0.1, 0.15) is 0 Å². The highest BCUT2D eigenvalue weighted by atomic mass is 15.6. The minimum atomic E-state index is 0.214. The van der Waals surface area contributed by atoms with E-state index in [1.807, 2.05) is 4.68 Å². The van der Waals surface area contributed by atoms with Crippen molar-refractivity contribution in [2.45, 2.75) is 52.6 Å². The lowest BCUT2D eigenvalue weighted by Crippen LogP contribution is -2.23. The molecule has 5 heteroatoms. The van der Waals surface area contributed by atoms with E-state index in [0.717, 1.165) is 25.2 Å². The van der Waals surface area contributed by atoms with Crippen LogP contribution in [0.25, 0.3) is 0 Å². The van der Waals surface area contributed by atoms with E-state index in [1.165, 1.54) is 0 Å². The zero-order chi connectivity index (χ0) is 11.3. The highest BCUT2D eigenvalue weighted by Gasteiger charge is 2.17. The SMILES string of the molecule is CCNC(C)c1nnnn1C(CC)CC. The summed E-state index contributed by atoms with van der Waals surface area (Å²) in [6, 6.07) is 0.627. The van der Waals surface area contributed by atoms with Gasteiger partial charge in [-0.25, -0.2) is 4.68 Å². The Kier molecular flexibility index (Phi) is 4.68. The smallest absolute Gasteiger partial charge is 0.168 e. The Bertz CT molecular complexity index is 279. The maximum Gasteiger partial charge on any atom is 0.168 e. The van der Waals surface area contributed by atoms with Crippen LogP contribution in [0, 0.1) is 0 Å². The molecule has 0 saturated heterocycles. The molecule has 5 nitrogen and oxygen atoms in total. The van der Waals surface area contributed by atoms with Crippen LogP contribution in [0.15, 0.2) is 0 Å². The van der Waals surface area contributed by atoms with Crippen LogP contribution in [0.5, 0.6) is 0 Å². The van der Waals surface area contributed by atoms with Gasteiger partial charge in [-0.15, -0.1) is 5.10 Å². The second-order valence-electron chi connectivity index (χ2n) is 3.73. The molecule has 86 valence electrons. The summed E-state index contributed by atoms with van der Waals surface area (Å²) in [6.07, 6.45) is 2.13. The van der Waals surface area contributed by atoms with Gasteiger partial charge in [-0.05, 0) is 36.7 Å². The highest BCUT2D eigenvalue weighted by Crippen LogP contribution is 2.18. The van der Waals surface area contributed by atoms with Crippen molar-refractivity contribution in [2.24, 2.45) is 0 Å². The molecule has 15 heavy (non-hydrogen) atoms. The van der Waals surface area contributed by atoms with Crippen LogP contribution in [0.3, 0.4) is 0 Å². The number of tetrazole rings is 1. The van der Waals surface area contributed by atoms with E-state index in [9.17, 15) is 0 Å². The van der Waals surface area contributed by atoms with Gasteiger partial charge in [0.05, 0.1) is 12.1 Å². The number of hydrogen-bond donors (Lipinski definition) is 1. The number of rotatable bonds is 6. The average Bonchev–Trinajstić information content (AvgIpc) is 2.69. The van der Waals surface area contributed by atoms with Crippen LogP contribution >= 0.6 is 0 Å². The van der Waals surface area contributed by atoms with Crippen LogP contribution in [-0.2, 0) is 0 Å². The molecule has 1 aromatic heterocycles. The quantitative estimate of drug-likeness (QED) is 0.778. The van der Waals surface area contributed by atoms with E-state index in [4.69, 9.17) is 0 Å². The first-order valence-corrected chi connectivity index (χ1v) is 5.75. The lowest BCUT2D eigenvalue weighted by atomic mass is 10.1. The molecular formula is C10H21N5. The normalized spacial score (nSPS) is 13.4. The van der Waals surface area contributed by atoms with E-state index in [0.29, 0.717) is 6.04 Å². The average molecular weight is 211 g/mol. The van der Waals surface area contributed by atoms with Gasteiger partial charge in [0.15, 0.2) is 5.82 Å². The molecule has 0 aliphatic heterocycles. The van der Waals surface area contributed by atoms with Crippen molar-refractivity contribution in [3.05, 3.63) is 5.82 Å². The third-order valence-corrected chi connectivity index (χ3v) is 2.70. The summed E-state index contributed by atoms with van der Waals surface area (Å²) in [4.78, 5) is 0. The van der Waals surface area contributed by atoms with Crippen LogP contribution in [-0.4, -0.2) is 26.8 Å². The van der Waals surface area contributed by atoms with Crippen LogP contribution < -0.4 is 5.32 Å². The van der Waals surface area contributed by atoms with Gasteiger partial charge in [0, 0.05) is 0 Å². The fourth-order valence-electron chi connectivity index (χ4n) is 1.78. The van der Waals surface area contributed by atoms with Crippen LogP contribution in [0.4, 0.5) is 0 Å². The third kappa shape index (κ3) is 2.75. The Balaban J connectivity index is 2.84. The molecule has 1 heterocycles. The molecule has 0 saturated carbocycles. The Hall–Kier alpha value is -0.970. The fraction of sp³-hybridized carbons (Fsp3) is 0.900. The molecule has 0 aromatic carbocycles. The number of nitrogens with one attached hydrogen (secondary N) is 1. The monoisotopic (exact) mass is 211 g/mol. The molecule has 0 fully saturated rings. The summed E-state index contributed by atoms with van der Waals surface area (Å²) in [5, 5.41) is 15.3. The first kappa shape index (κ1) is 12.1. The van der Waals surface area contributed by atoms with Crippen molar-refractivity contribution < 1.29 is 0 Å². The summed E-state index contributed by atoms with van der Waals surface area (Å²) >= 11 is 0. The molecule has 0 radical (unpaired) electrons. The second-order valence-corrected chi connectivity index (χ2v) is 3.73. The molecule has 0 bridgehead atoms. The molecule has 1 atom stereocenters. The Labute approximate surface area is 91.2 Å². The second kappa shape index (κ2) is 5.80. The minimum absolute atomic E-state index is 0.214. The van der Waals surface area contributed by atoms with Gasteiger partial charge < -0.3 is 5.32 Å². The standard InChI is InChI=1S/C10H21N5/c1-5-9(6-2)15-10(12-13-14-15)8(4)11-7-3/h8-9,11H,5-7H2,1-4H3. The molecule has 0 aliphatic rings. The molecule has 0 amide bonds. The van der Waals surface area contributed by atoms with Crippen LogP contribution in [0.1, 0.15) is 58.4 Å². The topological polar surface area (TPSA) is 55.6 Å². The summed E-state index contributed by atoms with van der Waals surface area (Å²) in [7, 11) is 0. The summed E-state index contributed by atoms with van der Waals surface area (Å²) in [5.41, 5.74) is 0. The Morgan fingerprint density at radius 2 is 1.93 bits per heavy atom. The maximum absolute atomic E-state index is 4.09. The Morgan fingerprint density at radius 3 is 2.47 bits per heavy atom. The maximum atomic E-state index is 4.09. The largest absolute Gasteiger partial charge is 0.308 e. The van der Waals surface area contributed by atoms with Gasteiger partial charge in [-0.3, -0.25) is 0 Å². The predicted octanol–water partition coefficient (Wildman–Crippen LogP) is 1.70. The van der Waals surface area contributed by atoms with Crippen molar-refractivity contribution in [2.75, 3.05) is 6.54 Å². The van der Waals surface area contributed by atoms with Crippen LogP contribution in [0.2, 0.25) is 0 Å².